The van der Waals surface area contributed by atoms with E-state index in [1.807, 2.05) is 0 Å². The fourth-order valence-electron chi connectivity index (χ4n) is 3.24. The molecule has 0 aromatic rings. The van der Waals surface area contributed by atoms with E-state index in [0.717, 1.165) is 12.8 Å². The summed E-state index contributed by atoms with van der Waals surface area (Å²) in [5.74, 6) is -0.262. The molecule has 2 amide bonds. The van der Waals surface area contributed by atoms with Crippen molar-refractivity contribution < 1.29 is 9.59 Å². The minimum atomic E-state index is -1.60. The van der Waals surface area contributed by atoms with E-state index in [2.05, 4.69) is 46.5 Å². The van der Waals surface area contributed by atoms with Crippen molar-refractivity contribution in [3.05, 3.63) is 23.9 Å². The van der Waals surface area contributed by atoms with Gasteiger partial charge in [0.15, 0.2) is 0 Å². The number of allylic oxidation sites excluding steroid dienone is 2. The molecule has 1 heterocycles. The van der Waals surface area contributed by atoms with Crippen molar-refractivity contribution in [3.8, 4) is 0 Å². The van der Waals surface area contributed by atoms with Crippen LogP contribution in [0.3, 0.4) is 0 Å². The highest BCUT2D eigenvalue weighted by Gasteiger charge is 2.50. The van der Waals surface area contributed by atoms with Crippen molar-refractivity contribution in [3.63, 3.8) is 0 Å². The van der Waals surface area contributed by atoms with E-state index in [4.69, 9.17) is 0 Å². The molecule has 0 saturated carbocycles. The van der Waals surface area contributed by atoms with Crippen molar-refractivity contribution >= 4 is 19.9 Å². The van der Waals surface area contributed by atoms with E-state index in [-0.39, 0.29) is 28.7 Å². The number of carbonyl (C=O) groups is 2. The Morgan fingerprint density at radius 1 is 1.29 bits per heavy atom. The second-order valence-corrected chi connectivity index (χ2v) is 13.2. The zero-order valence-corrected chi connectivity index (χ0v) is 14.9. The Bertz CT molecular complexity index is 513. The predicted molar refractivity (Wildman–Crippen MR) is 88.4 cm³/mol. The summed E-state index contributed by atoms with van der Waals surface area (Å²) in [6.45, 7) is 15.6. The van der Waals surface area contributed by atoms with E-state index in [0.29, 0.717) is 6.54 Å². The lowest BCUT2D eigenvalue weighted by atomic mass is 9.85. The summed E-state index contributed by atoms with van der Waals surface area (Å²) in [5.41, 5.74) is 0. The van der Waals surface area contributed by atoms with E-state index in [1.165, 1.54) is 10.1 Å². The molecule has 1 aliphatic heterocycles. The molecule has 1 saturated heterocycles. The van der Waals surface area contributed by atoms with Crippen LogP contribution in [-0.4, -0.2) is 31.3 Å². The summed E-state index contributed by atoms with van der Waals surface area (Å²) in [4.78, 5) is 26.2. The number of nitrogens with zero attached hydrogens (tertiary/aromatic N) is 1. The van der Waals surface area contributed by atoms with Crippen molar-refractivity contribution in [2.45, 2.75) is 51.7 Å². The third kappa shape index (κ3) is 2.54. The van der Waals surface area contributed by atoms with Crippen LogP contribution in [0.1, 0.15) is 33.6 Å². The summed E-state index contributed by atoms with van der Waals surface area (Å²) in [5, 5.41) is 1.72. The van der Waals surface area contributed by atoms with Gasteiger partial charge in [0, 0.05) is 6.54 Å². The largest absolute Gasteiger partial charge is 0.278 e. The van der Waals surface area contributed by atoms with Gasteiger partial charge in [-0.3, -0.25) is 14.5 Å². The van der Waals surface area contributed by atoms with Gasteiger partial charge in [0.25, 0.3) is 0 Å². The molecule has 1 aliphatic carbocycles. The second kappa shape index (κ2) is 5.23. The highest BCUT2D eigenvalue weighted by atomic mass is 28.3. The van der Waals surface area contributed by atoms with Gasteiger partial charge in [-0.1, -0.05) is 51.2 Å². The van der Waals surface area contributed by atoms with Crippen LogP contribution in [0, 0.1) is 11.8 Å². The molecule has 0 aromatic heterocycles. The Morgan fingerprint density at radius 2 is 1.86 bits per heavy atom. The van der Waals surface area contributed by atoms with Gasteiger partial charge in [-0.05, 0) is 17.9 Å². The Kier molecular flexibility index (Phi) is 4.04. The summed E-state index contributed by atoms with van der Waals surface area (Å²) in [6.07, 6.45) is 5.40. The number of hydrogen-bond acceptors (Lipinski definition) is 2. The maximum Gasteiger partial charge on any atom is 0.233 e. The molecule has 4 heteroatoms. The predicted octanol–water partition coefficient (Wildman–Crippen LogP) is 3.54. The topological polar surface area (TPSA) is 37.4 Å². The Morgan fingerprint density at radius 3 is 2.38 bits per heavy atom. The summed E-state index contributed by atoms with van der Waals surface area (Å²) in [7, 11) is -1.60. The highest BCUT2D eigenvalue weighted by molar-refractivity contribution is 6.86. The average Bonchev–Trinajstić information content (AvgIpc) is 2.63. The highest BCUT2D eigenvalue weighted by Crippen LogP contribution is 2.47. The van der Waals surface area contributed by atoms with Gasteiger partial charge in [0.2, 0.25) is 11.8 Å². The molecule has 1 fully saturated rings. The van der Waals surface area contributed by atoms with Crippen LogP contribution < -0.4 is 0 Å². The van der Waals surface area contributed by atoms with E-state index in [9.17, 15) is 9.59 Å². The lowest BCUT2D eigenvalue weighted by Crippen LogP contribution is -2.42. The maximum absolute atomic E-state index is 12.5. The Hall–Kier alpha value is -1.16. The summed E-state index contributed by atoms with van der Waals surface area (Å²) >= 11 is 0. The first-order valence-corrected chi connectivity index (χ1v) is 10.8. The quantitative estimate of drug-likeness (QED) is 0.454. The SMILES string of the molecule is C=CCN1C(=O)C2CC=C([Si](C)(C)C(C)(C)C)CC2C1=O. The first-order valence-electron chi connectivity index (χ1n) is 7.77. The lowest BCUT2D eigenvalue weighted by molar-refractivity contribution is -0.139. The van der Waals surface area contributed by atoms with Crippen LogP contribution >= 0.6 is 0 Å². The molecule has 3 nitrogen and oxygen atoms in total. The number of likely N-dealkylation sites (tertiary alicyclic amines) is 1. The molecule has 2 aliphatic rings. The smallest absolute Gasteiger partial charge is 0.233 e. The number of carbonyl (C=O) groups excluding carboxylic acids is 2. The number of imide groups is 1. The van der Waals surface area contributed by atoms with Crippen LogP contribution in [0.2, 0.25) is 18.1 Å². The molecule has 0 aromatic carbocycles. The molecule has 0 bridgehead atoms. The average molecular weight is 305 g/mol. The molecule has 2 unspecified atom stereocenters. The normalized spacial score (nSPS) is 26.7. The summed E-state index contributed by atoms with van der Waals surface area (Å²) < 4.78 is 0. The zero-order valence-electron chi connectivity index (χ0n) is 13.9. The van der Waals surface area contributed by atoms with Crippen LogP contribution in [0.4, 0.5) is 0 Å². The molecule has 21 heavy (non-hydrogen) atoms. The van der Waals surface area contributed by atoms with Gasteiger partial charge in [-0.15, -0.1) is 6.58 Å². The van der Waals surface area contributed by atoms with Crippen molar-refractivity contribution in [1.29, 1.82) is 0 Å². The molecule has 2 atom stereocenters. The number of amides is 2. The minimum Gasteiger partial charge on any atom is -0.278 e. The van der Waals surface area contributed by atoms with Gasteiger partial charge in [0.05, 0.1) is 19.9 Å². The number of hydrogen-bond donors (Lipinski definition) is 0. The third-order valence-electron chi connectivity index (χ3n) is 5.70. The standard InChI is InChI=1S/C17H27NO2Si/c1-7-10-18-15(19)13-9-8-12(11-14(13)16(18)20)21(5,6)17(2,3)4/h7-8,13-14H,1,9-11H2,2-6H3. The molecule has 116 valence electrons. The van der Waals surface area contributed by atoms with Gasteiger partial charge < -0.3 is 0 Å². The number of fused-ring (bicyclic) bond motifs is 1. The molecule has 0 radical (unpaired) electrons. The van der Waals surface area contributed by atoms with E-state index < -0.39 is 8.07 Å². The van der Waals surface area contributed by atoms with Crippen molar-refractivity contribution in [2.24, 2.45) is 11.8 Å². The van der Waals surface area contributed by atoms with Gasteiger partial charge in [-0.2, -0.15) is 0 Å². The maximum atomic E-state index is 12.5. The van der Waals surface area contributed by atoms with Gasteiger partial charge >= 0.3 is 0 Å². The molecule has 0 N–H and O–H groups in total. The van der Waals surface area contributed by atoms with Gasteiger partial charge in [0.1, 0.15) is 0 Å². The summed E-state index contributed by atoms with van der Waals surface area (Å²) in [6, 6.07) is 0. The molecular formula is C17H27NO2Si. The van der Waals surface area contributed by atoms with Crippen molar-refractivity contribution in [2.75, 3.05) is 6.54 Å². The van der Waals surface area contributed by atoms with Crippen LogP contribution in [-0.2, 0) is 9.59 Å². The second-order valence-electron chi connectivity index (χ2n) is 7.83. The Labute approximate surface area is 129 Å². The first kappa shape index (κ1) is 16.2. The van der Waals surface area contributed by atoms with Crippen LogP contribution in [0.15, 0.2) is 23.9 Å². The lowest BCUT2D eigenvalue weighted by Gasteiger charge is -2.41. The van der Waals surface area contributed by atoms with E-state index in [1.54, 1.807) is 6.08 Å². The van der Waals surface area contributed by atoms with E-state index >= 15 is 0 Å². The fraction of sp³-hybridized carbons (Fsp3) is 0.647. The van der Waals surface area contributed by atoms with Crippen LogP contribution in [0.5, 0.6) is 0 Å². The van der Waals surface area contributed by atoms with Crippen LogP contribution in [0.25, 0.3) is 0 Å². The third-order valence-corrected chi connectivity index (χ3v) is 11.5. The zero-order chi connectivity index (χ0) is 16.0. The Balaban J connectivity index is 2.26. The monoisotopic (exact) mass is 305 g/mol. The van der Waals surface area contributed by atoms with Crippen molar-refractivity contribution in [1.82, 2.24) is 4.90 Å². The molecule has 0 spiro atoms. The minimum absolute atomic E-state index is 0.00423. The number of rotatable bonds is 3. The molecule has 2 rings (SSSR count). The molecular weight excluding hydrogens is 278 g/mol. The van der Waals surface area contributed by atoms with Gasteiger partial charge in [-0.25, -0.2) is 0 Å². The first-order chi connectivity index (χ1) is 9.61. The fourth-order valence-corrected chi connectivity index (χ4v) is 5.56.